The molecule has 0 aliphatic carbocycles. The van der Waals surface area contributed by atoms with Gasteiger partial charge in [0.1, 0.15) is 11.5 Å². The Bertz CT molecular complexity index is 813. The highest BCUT2D eigenvalue weighted by Crippen LogP contribution is 2.37. The van der Waals surface area contributed by atoms with Crippen LogP contribution in [-0.4, -0.2) is 30.8 Å². The topological polar surface area (TPSA) is 51.1 Å². The van der Waals surface area contributed by atoms with Crippen molar-refractivity contribution < 1.29 is 14.3 Å². The third-order valence-corrected chi connectivity index (χ3v) is 4.53. The molecule has 6 heteroatoms. The molecule has 3 rings (SSSR count). The van der Waals surface area contributed by atoms with Gasteiger partial charge in [0, 0.05) is 30.0 Å². The highest BCUT2D eigenvalue weighted by atomic mass is 35.5. The first-order valence-corrected chi connectivity index (χ1v) is 8.26. The SMILES string of the molecule is COc1cc(OC)cc(C2=NN(C(C)=O)[C@H](c3ccccc3Cl)C2)c1. The van der Waals surface area contributed by atoms with E-state index in [-0.39, 0.29) is 11.9 Å². The average Bonchev–Trinajstić information content (AvgIpc) is 3.07. The van der Waals surface area contributed by atoms with Crippen molar-refractivity contribution in [2.45, 2.75) is 19.4 Å². The monoisotopic (exact) mass is 358 g/mol. The maximum Gasteiger partial charge on any atom is 0.240 e. The number of methoxy groups -OCH3 is 2. The lowest BCUT2D eigenvalue weighted by Gasteiger charge is -2.21. The zero-order valence-electron chi connectivity index (χ0n) is 14.3. The summed E-state index contributed by atoms with van der Waals surface area (Å²) in [4.78, 5) is 12.1. The third-order valence-electron chi connectivity index (χ3n) is 4.18. The van der Waals surface area contributed by atoms with Crippen molar-refractivity contribution in [3.05, 3.63) is 58.6 Å². The first-order chi connectivity index (χ1) is 12.0. The number of hydrazone groups is 1. The van der Waals surface area contributed by atoms with Gasteiger partial charge in [-0.25, -0.2) is 5.01 Å². The molecule has 0 unspecified atom stereocenters. The Morgan fingerprint density at radius 1 is 1.16 bits per heavy atom. The Labute approximate surface area is 151 Å². The molecule has 0 bridgehead atoms. The predicted octanol–water partition coefficient (Wildman–Crippen LogP) is 4.05. The number of benzene rings is 2. The molecule has 5 nitrogen and oxygen atoms in total. The Kier molecular flexibility index (Phi) is 4.95. The van der Waals surface area contributed by atoms with E-state index in [4.69, 9.17) is 21.1 Å². The second kappa shape index (κ2) is 7.15. The summed E-state index contributed by atoms with van der Waals surface area (Å²) in [6, 6.07) is 12.9. The zero-order valence-corrected chi connectivity index (χ0v) is 15.1. The molecule has 0 fully saturated rings. The first-order valence-electron chi connectivity index (χ1n) is 7.88. The van der Waals surface area contributed by atoms with Crippen LogP contribution in [0.5, 0.6) is 11.5 Å². The molecule has 0 saturated heterocycles. The Morgan fingerprint density at radius 2 is 1.80 bits per heavy atom. The fraction of sp³-hybridized carbons (Fsp3) is 0.263. The zero-order chi connectivity index (χ0) is 18.0. The first kappa shape index (κ1) is 17.3. The van der Waals surface area contributed by atoms with Gasteiger partial charge in [0.05, 0.1) is 26.0 Å². The number of hydrogen-bond donors (Lipinski definition) is 0. The van der Waals surface area contributed by atoms with Gasteiger partial charge in [-0.3, -0.25) is 4.79 Å². The van der Waals surface area contributed by atoms with E-state index in [2.05, 4.69) is 5.10 Å². The van der Waals surface area contributed by atoms with Crippen molar-refractivity contribution in [3.63, 3.8) is 0 Å². The number of amides is 1. The highest BCUT2D eigenvalue weighted by Gasteiger charge is 2.32. The molecular weight excluding hydrogens is 340 g/mol. The molecule has 1 atom stereocenters. The summed E-state index contributed by atoms with van der Waals surface area (Å²) in [7, 11) is 3.20. The van der Waals surface area contributed by atoms with E-state index in [9.17, 15) is 4.79 Å². The van der Waals surface area contributed by atoms with Crippen molar-refractivity contribution in [2.75, 3.05) is 14.2 Å². The van der Waals surface area contributed by atoms with Crippen LogP contribution in [0.1, 0.15) is 30.5 Å². The quantitative estimate of drug-likeness (QED) is 0.828. The number of hydrogen-bond acceptors (Lipinski definition) is 4. The van der Waals surface area contributed by atoms with E-state index in [0.29, 0.717) is 22.9 Å². The van der Waals surface area contributed by atoms with Gasteiger partial charge in [-0.15, -0.1) is 0 Å². The van der Waals surface area contributed by atoms with Crippen LogP contribution in [-0.2, 0) is 4.79 Å². The van der Waals surface area contributed by atoms with E-state index in [0.717, 1.165) is 16.8 Å². The third kappa shape index (κ3) is 3.46. The summed E-state index contributed by atoms with van der Waals surface area (Å²) in [6.07, 6.45) is 0.569. The molecule has 0 saturated carbocycles. The molecule has 1 aliphatic heterocycles. The van der Waals surface area contributed by atoms with Crippen molar-refractivity contribution in [2.24, 2.45) is 5.10 Å². The van der Waals surface area contributed by atoms with Crippen molar-refractivity contribution in [1.29, 1.82) is 0 Å². The van der Waals surface area contributed by atoms with Crippen molar-refractivity contribution in [3.8, 4) is 11.5 Å². The number of halogens is 1. The standard InChI is InChI=1S/C19H19ClN2O3/c1-12(23)22-19(16-6-4-5-7-17(16)20)11-18(21-22)13-8-14(24-2)10-15(9-13)25-3/h4-10,19H,11H2,1-3H3/t19-/m0/s1. The van der Waals surface area contributed by atoms with Crippen LogP contribution >= 0.6 is 11.6 Å². The smallest absolute Gasteiger partial charge is 0.240 e. The average molecular weight is 359 g/mol. The molecule has 0 spiro atoms. The Balaban J connectivity index is 2.00. The number of nitrogens with zero attached hydrogens (tertiary/aromatic N) is 2. The van der Waals surface area contributed by atoms with Crippen molar-refractivity contribution >= 4 is 23.2 Å². The maximum absolute atomic E-state index is 12.1. The minimum absolute atomic E-state index is 0.130. The molecule has 25 heavy (non-hydrogen) atoms. The van der Waals surface area contributed by atoms with E-state index < -0.39 is 0 Å². The van der Waals surface area contributed by atoms with Gasteiger partial charge in [-0.2, -0.15) is 5.10 Å². The van der Waals surface area contributed by atoms with Crippen LogP contribution < -0.4 is 9.47 Å². The summed E-state index contributed by atoms with van der Waals surface area (Å²) in [5.41, 5.74) is 2.53. The summed E-state index contributed by atoms with van der Waals surface area (Å²) in [6.45, 7) is 1.50. The molecule has 0 N–H and O–H groups in total. The maximum atomic E-state index is 12.1. The lowest BCUT2D eigenvalue weighted by atomic mass is 9.98. The second-order valence-corrected chi connectivity index (χ2v) is 6.16. The molecule has 0 aromatic heterocycles. The number of ether oxygens (including phenoxy) is 2. The molecule has 1 heterocycles. The summed E-state index contributed by atoms with van der Waals surface area (Å²) in [5, 5.41) is 6.65. The fourth-order valence-electron chi connectivity index (χ4n) is 2.94. The van der Waals surface area contributed by atoms with E-state index in [1.54, 1.807) is 20.3 Å². The van der Waals surface area contributed by atoms with Crippen LogP contribution in [0, 0.1) is 0 Å². The van der Waals surface area contributed by atoms with Crippen LogP contribution in [0.15, 0.2) is 47.6 Å². The van der Waals surface area contributed by atoms with Crippen LogP contribution in [0.25, 0.3) is 0 Å². The van der Waals surface area contributed by atoms with E-state index in [1.807, 2.05) is 36.4 Å². The second-order valence-electron chi connectivity index (χ2n) is 5.75. The van der Waals surface area contributed by atoms with E-state index in [1.165, 1.54) is 11.9 Å². The van der Waals surface area contributed by atoms with Gasteiger partial charge in [0.2, 0.25) is 5.91 Å². The predicted molar refractivity (Wildman–Crippen MR) is 97.4 cm³/mol. The van der Waals surface area contributed by atoms with Crippen LogP contribution in [0.2, 0.25) is 5.02 Å². The summed E-state index contributed by atoms with van der Waals surface area (Å²) < 4.78 is 10.7. The van der Waals surface area contributed by atoms with Crippen LogP contribution in [0.4, 0.5) is 0 Å². The molecule has 2 aromatic carbocycles. The minimum Gasteiger partial charge on any atom is -0.497 e. The fourth-order valence-corrected chi connectivity index (χ4v) is 3.20. The molecule has 1 aliphatic rings. The van der Waals surface area contributed by atoms with Gasteiger partial charge < -0.3 is 9.47 Å². The van der Waals surface area contributed by atoms with Gasteiger partial charge in [-0.05, 0) is 23.8 Å². The number of carbonyl (C=O) groups is 1. The lowest BCUT2D eigenvalue weighted by Crippen LogP contribution is -2.24. The molecule has 2 aromatic rings. The normalized spacial score (nSPS) is 16.6. The van der Waals surface area contributed by atoms with E-state index >= 15 is 0 Å². The number of carbonyl (C=O) groups excluding carboxylic acids is 1. The van der Waals surface area contributed by atoms with Gasteiger partial charge >= 0.3 is 0 Å². The Hall–Kier alpha value is -2.53. The molecular formula is C19H19ClN2O3. The van der Waals surface area contributed by atoms with Crippen molar-refractivity contribution in [1.82, 2.24) is 5.01 Å². The van der Waals surface area contributed by atoms with Gasteiger partial charge in [-0.1, -0.05) is 29.8 Å². The highest BCUT2D eigenvalue weighted by molar-refractivity contribution is 6.31. The molecule has 1 amide bonds. The summed E-state index contributed by atoms with van der Waals surface area (Å²) >= 11 is 6.33. The molecule has 0 radical (unpaired) electrons. The minimum atomic E-state index is -0.224. The molecule has 130 valence electrons. The summed E-state index contributed by atoms with van der Waals surface area (Å²) in [5.74, 6) is 1.22. The van der Waals surface area contributed by atoms with Gasteiger partial charge in [0.15, 0.2) is 0 Å². The Morgan fingerprint density at radius 3 is 2.36 bits per heavy atom. The van der Waals surface area contributed by atoms with Crippen LogP contribution in [0.3, 0.4) is 0 Å². The largest absolute Gasteiger partial charge is 0.497 e. The lowest BCUT2D eigenvalue weighted by molar-refractivity contribution is -0.130. The van der Waals surface area contributed by atoms with Gasteiger partial charge in [0.25, 0.3) is 0 Å². The number of rotatable bonds is 4.